The highest BCUT2D eigenvalue weighted by Crippen LogP contribution is 2.32. The second kappa shape index (κ2) is 8.68. The van der Waals surface area contributed by atoms with Gasteiger partial charge in [0.15, 0.2) is 5.82 Å². The molecule has 0 atom stereocenters. The van der Waals surface area contributed by atoms with Crippen LogP contribution in [-0.2, 0) is 25.7 Å². The summed E-state index contributed by atoms with van der Waals surface area (Å²) >= 11 is 1.69. The molecular formula is C25H19F4N3S. The third-order valence-electron chi connectivity index (χ3n) is 5.65. The van der Waals surface area contributed by atoms with E-state index in [9.17, 15) is 17.6 Å². The van der Waals surface area contributed by atoms with Gasteiger partial charge in [0.1, 0.15) is 5.82 Å². The standard InChI is InChI=1S/C25H19F4N3S/c26-20-7-3-16(4-8-20)23-10-9-21(33-23)15-32-12-11-22-18(14-32)13-30-24(31-22)17-1-5-19(6-2-17)25(27,28)29/h1-10,13H,11-12,14-15H2. The lowest BCUT2D eigenvalue weighted by molar-refractivity contribution is -0.137. The topological polar surface area (TPSA) is 29.0 Å². The molecular weight excluding hydrogens is 450 g/mol. The number of hydrogen-bond donors (Lipinski definition) is 0. The van der Waals surface area contributed by atoms with Gasteiger partial charge in [-0.2, -0.15) is 13.2 Å². The number of alkyl halides is 3. The van der Waals surface area contributed by atoms with Crippen LogP contribution >= 0.6 is 11.3 Å². The van der Waals surface area contributed by atoms with Crippen LogP contribution in [0.15, 0.2) is 66.9 Å². The molecule has 0 spiro atoms. The fourth-order valence-corrected chi connectivity index (χ4v) is 4.97. The minimum absolute atomic E-state index is 0.244. The first-order chi connectivity index (χ1) is 15.8. The molecule has 0 saturated heterocycles. The lowest BCUT2D eigenvalue weighted by Crippen LogP contribution is -2.30. The van der Waals surface area contributed by atoms with Crippen LogP contribution < -0.4 is 0 Å². The highest BCUT2D eigenvalue weighted by atomic mass is 32.1. The highest BCUT2D eigenvalue weighted by Gasteiger charge is 2.30. The van der Waals surface area contributed by atoms with Crippen LogP contribution in [0.5, 0.6) is 0 Å². The van der Waals surface area contributed by atoms with Crippen LogP contribution in [0.2, 0.25) is 0 Å². The third-order valence-corrected chi connectivity index (χ3v) is 6.77. The number of aromatic nitrogens is 2. The van der Waals surface area contributed by atoms with E-state index < -0.39 is 11.7 Å². The fourth-order valence-electron chi connectivity index (χ4n) is 3.91. The van der Waals surface area contributed by atoms with Crippen molar-refractivity contribution in [3.8, 4) is 21.8 Å². The van der Waals surface area contributed by atoms with Crippen molar-refractivity contribution in [2.24, 2.45) is 0 Å². The van der Waals surface area contributed by atoms with Crippen LogP contribution in [0, 0.1) is 5.82 Å². The maximum absolute atomic E-state index is 13.2. The van der Waals surface area contributed by atoms with Crippen molar-refractivity contribution in [3.05, 3.63) is 94.4 Å². The Morgan fingerprint density at radius 1 is 0.909 bits per heavy atom. The van der Waals surface area contributed by atoms with Gasteiger partial charge in [-0.15, -0.1) is 11.3 Å². The first kappa shape index (κ1) is 21.7. The normalized spacial score (nSPS) is 14.3. The molecule has 0 aliphatic carbocycles. The quantitative estimate of drug-likeness (QED) is 0.316. The largest absolute Gasteiger partial charge is 0.416 e. The molecule has 33 heavy (non-hydrogen) atoms. The number of hydrogen-bond acceptors (Lipinski definition) is 4. The summed E-state index contributed by atoms with van der Waals surface area (Å²) in [7, 11) is 0. The molecule has 0 saturated carbocycles. The molecule has 0 amide bonds. The Hall–Kier alpha value is -3.10. The Kier molecular flexibility index (Phi) is 5.72. The average molecular weight is 470 g/mol. The van der Waals surface area contributed by atoms with Gasteiger partial charge in [-0.25, -0.2) is 14.4 Å². The third kappa shape index (κ3) is 4.82. The SMILES string of the molecule is Fc1ccc(-c2ccc(CN3CCc4nc(-c5ccc(C(F)(F)F)cc5)ncc4C3)s2)cc1. The molecule has 2 aromatic heterocycles. The highest BCUT2D eigenvalue weighted by molar-refractivity contribution is 7.15. The summed E-state index contributed by atoms with van der Waals surface area (Å²) in [5.41, 5.74) is 2.86. The van der Waals surface area contributed by atoms with Gasteiger partial charge >= 0.3 is 6.18 Å². The van der Waals surface area contributed by atoms with Gasteiger partial charge in [-0.1, -0.05) is 24.3 Å². The first-order valence-electron chi connectivity index (χ1n) is 10.4. The number of fused-ring (bicyclic) bond motifs is 1. The molecule has 3 heterocycles. The zero-order valence-electron chi connectivity index (χ0n) is 17.4. The zero-order valence-corrected chi connectivity index (χ0v) is 18.3. The lowest BCUT2D eigenvalue weighted by Gasteiger charge is -2.27. The molecule has 168 valence electrons. The molecule has 4 aromatic rings. The Labute approximate surface area is 192 Å². The van der Waals surface area contributed by atoms with E-state index in [1.807, 2.05) is 0 Å². The van der Waals surface area contributed by atoms with Crippen LogP contribution in [-0.4, -0.2) is 21.4 Å². The Bertz CT molecular complexity index is 1260. The number of rotatable bonds is 4. The van der Waals surface area contributed by atoms with Gasteiger partial charge in [-0.05, 0) is 42.0 Å². The van der Waals surface area contributed by atoms with E-state index in [1.165, 1.54) is 29.1 Å². The molecule has 5 rings (SSSR count). The van der Waals surface area contributed by atoms with Gasteiger partial charge in [-0.3, -0.25) is 4.90 Å². The predicted molar refractivity (Wildman–Crippen MR) is 120 cm³/mol. The summed E-state index contributed by atoms with van der Waals surface area (Å²) < 4.78 is 51.5. The van der Waals surface area contributed by atoms with Gasteiger partial charge in [0.05, 0.1) is 11.3 Å². The average Bonchev–Trinajstić information content (AvgIpc) is 3.27. The summed E-state index contributed by atoms with van der Waals surface area (Å²) in [5.74, 6) is 0.198. The van der Waals surface area contributed by atoms with Crippen molar-refractivity contribution in [2.75, 3.05) is 6.54 Å². The summed E-state index contributed by atoms with van der Waals surface area (Å²) in [6.07, 6.45) is -1.83. The zero-order chi connectivity index (χ0) is 23.0. The number of benzene rings is 2. The van der Waals surface area contributed by atoms with Crippen LogP contribution in [0.1, 0.15) is 21.7 Å². The summed E-state index contributed by atoms with van der Waals surface area (Å²) in [4.78, 5) is 13.7. The molecule has 0 bridgehead atoms. The van der Waals surface area contributed by atoms with E-state index in [0.717, 1.165) is 53.3 Å². The van der Waals surface area contributed by atoms with Gasteiger partial charge in [0.2, 0.25) is 0 Å². The first-order valence-corrected chi connectivity index (χ1v) is 11.3. The number of thiophene rings is 1. The van der Waals surface area contributed by atoms with Crippen molar-refractivity contribution in [2.45, 2.75) is 25.7 Å². The molecule has 2 aromatic carbocycles. The van der Waals surface area contributed by atoms with Gasteiger partial charge in [0.25, 0.3) is 0 Å². The van der Waals surface area contributed by atoms with Crippen molar-refractivity contribution in [3.63, 3.8) is 0 Å². The van der Waals surface area contributed by atoms with Gasteiger partial charge < -0.3 is 0 Å². The summed E-state index contributed by atoms with van der Waals surface area (Å²) in [6, 6.07) is 15.6. The molecule has 0 radical (unpaired) electrons. The Morgan fingerprint density at radius 3 is 2.36 bits per heavy atom. The van der Waals surface area contributed by atoms with E-state index >= 15 is 0 Å². The summed E-state index contributed by atoms with van der Waals surface area (Å²) in [5, 5.41) is 0. The molecule has 0 unspecified atom stereocenters. The minimum Gasteiger partial charge on any atom is -0.293 e. The Morgan fingerprint density at radius 2 is 1.64 bits per heavy atom. The second-order valence-corrected chi connectivity index (χ2v) is 9.14. The maximum Gasteiger partial charge on any atom is 0.416 e. The molecule has 3 nitrogen and oxygen atoms in total. The molecule has 0 N–H and O–H groups in total. The molecule has 0 fully saturated rings. The van der Waals surface area contributed by atoms with Crippen LogP contribution in [0.4, 0.5) is 17.6 Å². The van der Waals surface area contributed by atoms with E-state index in [-0.39, 0.29) is 5.82 Å². The predicted octanol–water partition coefficient (Wildman–Crippen LogP) is 6.59. The number of halogens is 4. The molecule has 1 aliphatic heterocycles. The fraction of sp³-hybridized carbons (Fsp3) is 0.200. The van der Waals surface area contributed by atoms with E-state index in [1.54, 1.807) is 29.7 Å². The molecule has 8 heteroatoms. The second-order valence-electron chi connectivity index (χ2n) is 7.97. The van der Waals surface area contributed by atoms with E-state index in [4.69, 9.17) is 0 Å². The monoisotopic (exact) mass is 469 g/mol. The van der Waals surface area contributed by atoms with Crippen molar-refractivity contribution >= 4 is 11.3 Å². The summed E-state index contributed by atoms with van der Waals surface area (Å²) in [6.45, 7) is 2.35. The smallest absolute Gasteiger partial charge is 0.293 e. The van der Waals surface area contributed by atoms with Crippen molar-refractivity contribution in [1.29, 1.82) is 0 Å². The van der Waals surface area contributed by atoms with Crippen molar-refractivity contribution < 1.29 is 17.6 Å². The molecule has 1 aliphatic rings. The lowest BCUT2D eigenvalue weighted by atomic mass is 10.1. The minimum atomic E-state index is -4.36. The number of nitrogens with zero attached hydrogens (tertiary/aromatic N) is 3. The van der Waals surface area contributed by atoms with Crippen LogP contribution in [0.25, 0.3) is 21.8 Å². The maximum atomic E-state index is 13.2. The van der Waals surface area contributed by atoms with E-state index in [2.05, 4.69) is 27.0 Å². The Balaban J connectivity index is 1.27. The van der Waals surface area contributed by atoms with Crippen molar-refractivity contribution in [1.82, 2.24) is 14.9 Å². The van der Waals surface area contributed by atoms with Gasteiger partial charge in [0, 0.05) is 53.1 Å². The van der Waals surface area contributed by atoms with Crippen LogP contribution in [0.3, 0.4) is 0 Å². The van der Waals surface area contributed by atoms with E-state index in [0.29, 0.717) is 17.9 Å².